The monoisotopic (exact) mass is 350 g/mol. The van der Waals surface area contributed by atoms with Gasteiger partial charge in [-0.1, -0.05) is 6.07 Å². The van der Waals surface area contributed by atoms with Crippen molar-refractivity contribution < 1.29 is 9.50 Å². The smallest absolute Gasteiger partial charge is 0.194 e. The number of aliphatic hydroxyl groups excluding tert-OH is 1. The Balaban J connectivity index is 2.09. The normalized spacial score (nSPS) is 11.6. The van der Waals surface area contributed by atoms with E-state index in [9.17, 15) is 4.39 Å². The lowest BCUT2D eigenvalue weighted by molar-refractivity contribution is 0.275. The van der Waals surface area contributed by atoms with Crippen molar-refractivity contribution in [2.75, 3.05) is 13.6 Å². The topological polar surface area (TPSA) is 60.8 Å². The van der Waals surface area contributed by atoms with Crippen LogP contribution in [-0.4, -0.2) is 34.5 Å². The highest BCUT2D eigenvalue weighted by Gasteiger charge is 2.09. The minimum absolute atomic E-state index is 0.291. The van der Waals surface area contributed by atoms with Crippen LogP contribution in [0.4, 0.5) is 4.39 Å². The van der Waals surface area contributed by atoms with Gasteiger partial charge in [-0.25, -0.2) is 14.4 Å². The predicted octanol–water partition coefficient (Wildman–Crippen LogP) is 2.68. The molecule has 0 fully saturated rings. The maximum atomic E-state index is 13.4. The van der Waals surface area contributed by atoms with E-state index < -0.39 is 5.82 Å². The largest absolute Gasteiger partial charge is 0.392 e. The van der Waals surface area contributed by atoms with Crippen LogP contribution >= 0.6 is 11.3 Å². The number of aromatic nitrogens is 1. The molecule has 2 N–H and O–H groups in total. The highest BCUT2D eigenvalue weighted by molar-refractivity contribution is 7.09. The van der Waals surface area contributed by atoms with E-state index in [-0.39, 0.29) is 6.61 Å². The van der Waals surface area contributed by atoms with Gasteiger partial charge in [0.05, 0.1) is 30.4 Å². The van der Waals surface area contributed by atoms with Gasteiger partial charge in [0.15, 0.2) is 5.96 Å². The molecule has 0 aliphatic rings. The average Bonchev–Trinajstić information content (AvgIpc) is 2.97. The lowest BCUT2D eigenvalue weighted by Crippen LogP contribution is -2.38. The van der Waals surface area contributed by atoms with Crippen molar-refractivity contribution >= 4 is 17.3 Å². The summed E-state index contributed by atoms with van der Waals surface area (Å²) in [6.07, 6.45) is 0. The summed E-state index contributed by atoms with van der Waals surface area (Å²) in [4.78, 5) is 11.1. The fourth-order valence-electron chi connectivity index (χ4n) is 2.28. The van der Waals surface area contributed by atoms with Crippen molar-refractivity contribution in [1.29, 1.82) is 0 Å². The van der Waals surface area contributed by atoms with Gasteiger partial charge in [-0.15, -0.1) is 11.3 Å². The molecular formula is C17H23FN4OS. The van der Waals surface area contributed by atoms with Gasteiger partial charge in [0, 0.05) is 24.5 Å². The van der Waals surface area contributed by atoms with Crippen LogP contribution in [-0.2, 0) is 19.7 Å². The second-order valence-electron chi connectivity index (χ2n) is 5.47. The molecule has 0 unspecified atom stereocenters. The van der Waals surface area contributed by atoms with Crippen LogP contribution in [0, 0.1) is 12.7 Å². The molecule has 0 amide bonds. The summed E-state index contributed by atoms with van der Waals surface area (Å²) in [7, 11) is 1.96. The number of aliphatic hydroxyl groups is 1. The van der Waals surface area contributed by atoms with Crippen LogP contribution in [0.5, 0.6) is 0 Å². The molecule has 1 aromatic carbocycles. The number of benzene rings is 1. The molecule has 2 rings (SSSR count). The number of nitrogens with zero attached hydrogens (tertiary/aromatic N) is 3. The number of nitrogens with one attached hydrogen (secondary N) is 1. The van der Waals surface area contributed by atoms with Crippen molar-refractivity contribution in [3.05, 3.63) is 51.2 Å². The quantitative estimate of drug-likeness (QED) is 0.621. The van der Waals surface area contributed by atoms with Crippen molar-refractivity contribution in [1.82, 2.24) is 15.2 Å². The van der Waals surface area contributed by atoms with Crippen molar-refractivity contribution in [3.8, 4) is 0 Å². The molecule has 130 valence electrons. The van der Waals surface area contributed by atoms with Crippen LogP contribution < -0.4 is 5.32 Å². The summed E-state index contributed by atoms with van der Waals surface area (Å²) >= 11 is 1.63. The Morgan fingerprint density at radius 1 is 1.46 bits per heavy atom. The van der Waals surface area contributed by atoms with Gasteiger partial charge >= 0.3 is 0 Å². The highest BCUT2D eigenvalue weighted by Crippen LogP contribution is 2.13. The number of aryl methyl sites for hydroxylation is 1. The van der Waals surface area contributed by atoms with Crippen molar-refractivity contribution in [3.63, 3.8) is 0 Å². The number of thiazole rings is 1. The van der Waals surface area contributed by atoms with Gasteiger partial charge in [0.25, 0.3) is 0 Å². The van der Waals surface area contributed by atoms with Crippen molar-refractivity contribution in [2.24, 2.45) is 4.99 Å². The number of rotatable bonds is 6. The second-order valence-corrected chi connectivity index (χ2v) is 6.53. The molecule has 1 heterocycles. The number of aliphatic imine (C=N–C) groups is 1. The summed E-state index contributed by atoms with van der Waals surface area (Å²) in [6.45, 7) is 5.52. The summed E-state index contributed by atoms with van der Waals surface area (Å²) in [6, 6.07) is 4.70. The van der Waals surface area contributed by atoms with E-state index in [0.717, 1.165) is 28.8 Å². The Morgan fingerprint density at radius 2 is 2.25 bits per heavy atom. The molecule has 0 aliphatic carbocycles. The van der Waals surface area contributed by atoms with Crippen LogP contribution in [0.15, 0.2) is 28.6 Å². The zero-order chi connectivity index (χ0) is 17.5. The lowest BCUT2D eigenvalue weighted by Gasteiger charge is -2.21. The first-order valence-corrected chi connectivity index (χ1v) is 8.70. The fraction of sp³-hybridized carbons (Fsp3) is 0.412. The number of halogens is 1. The SMILES string of the molecule is CCNC(=NCc1ccc(F)c(CO)c1)N(C)Cc1csc(C)n1. The molecule has 0 spiro atoms. The van der Waals surface area contributed by atoms with Crippen LogP contribution in [0.25, 0.3) is 0 Å². The maximum absolute atomic E-state index is 13.4. The molecule has 5 nitrogen and oxygen atoms in total. The Bertz CT molecular complexity index is 702. The predicted molar refractivity (Wildman–Crippen MR) is 95.5 cm³/mol. The zero-order valence-corrected chi connectivity index (χ0v) is 15.0. The van der Waals surface area contributed by atoms with Crippen LogP contribution in [0.3, 0.4) is 0 Å². The third-order valence-electron chi connectivity index (χ3n) is 3.45. The van der Waals surface area contributed by atoms with Crippen LogP contribution in [0.2, 0.25) is 0 Å². The summed E-state index contributed by atoms with van der Waals surface area (Å²) in [5, 5.41) is 15.5. The Hall–Kier alpha value is -1.99. The van der Waals surface area contributed by atoms with E-state index in [2.05, 4.69) is 15.3 Å². The number of guanidine groups is 1. The van der Waals surface area contributed by atoms with E-state index in [1.807, 2.05) is 31.2 Å². The average molecular weight is 350 g/mol. The molecular weight excluding hydrogens is 327 g/mol. The molecule has 0 atom stereocenters. The zero-order valence-electron chi connectivity index (χ0n) is 14.2. The minimum Gasteiger partial charge on any atom is -0.392 e. The Morgan fingerprint density at radius 3 is 2.88 bits per heavy atom. The first-order chi connectivity index (χ1) is 11.5. The van der Waals surface area contributed by atoms with Crippen LogP contribution in [0.1, 0.15) is 28.8 Å². The van der Waals surface area contributed by atoms with E-state index in [0.29, 0.717) is 18.7 Å². The summed E-state index contributed by atoms with van der Waals surface area (Å²) in [5.41, 5.74) is 2.16. The summed E-state index contributed by atoms with van der Waals surface area (Å²) in [5.74, 6) is 0.367. The molecule has 7 heteroatoms. The highest BCUT2D eigenvalue weighted by atomic mass is 32.1. The van der Waals surface area contributed by atoms with Gasteiger partial charge in [-0.05, 0) is 31.5 Å². The molecule has 0 aliphatic heterocycles. The molecule has 1 aromatic heterocycles. The van der Waals surface area contributed by atoms with E-state index >= 15 is 0 Å². The van der Waals surface area contributed by atoms with Gasteiger partial charge < -0.3 is 15.3 Å². The molecule has 0 bridgehead atoms. The first-order valence-electron chi connectivity index (χ1n) is 7.82. The molecule has 24 heavy (non-hydrogen) atoms. The Kier molecular flexibility index (Phi) is 6.69. The first kappa shape index (κ1) is 18.4. The third-order valence-corrected chi connectivity index (χ3v) is 4.28. The molecule has 0 radical (unpaired) electrons. The Labute approximate surface area is 145 Å². The fourth-order valence-corrected chi connectivity index (χ4v) is 2.89. The third kappa shape index (κ3) is 5.01. The minimum atomic E-state index is -0.395. The van der Waals surface area contributed by atoms with E-state index in [4.69, 9.17) is 5.11 Å². The van der Waals surface area contributed by atoms with Gasteiger partial charge in [-0.2, -0.15) is 0 Å². The molecule has 2 aromatic rings. The van der Waals surface area contributed by atoms with E-state index in [1.165, 1.54) is 6.07 Å². The second kappa shape index (κ2) is 8.75. The van der Waals surface area contributed by atoms with Gasteiger partial charge in [0.2, 0.25) is 0 Å². The maximum Gasteiger partial charge on any atom is 0.194 e. The molecule has 0 saturated carbocycles. The number of hydrogen-bond donors (Lipinski definition) is 2. The standard InChI is InChI=1S/C17H23FN4OS/c1-4-19-17(22(3)9-15-11-24-12(2)21-15)20-8-13-5-6-16(18)14(7-13)10-23/h5-7,11,23H,4,8-10H2,1-3H3,(H,19,20). The van der Waals surface area contributed by atoms with E-state index in [1.54, 1.807) is 23.5 Å². The number of hydrogen-bond acceptors (Lipinski definition) is 4. The summed E-state index contributed by atoms with van der Waals surface area (Å²) < 4.78 is 13.4. The lowest BCUT2D eigenvalue weighted by atomic mass is 10.1. The van der Waals surface area contributed by atoms with Gasteiger partial charge in [0.1, 0.15) is 5.82 Å². The van der Waals surface area contributed by atoms with Crippen molar-refractivity contribution in [2.45, 2.75) is 33.5 Å². The molecule has 0 saturated heterocycles. The van der Waals surface area contributed by atoms with Gasteiger partial charge in [-0.3, -0.25) is 0 Å².